The van der Waals surface area contributed by atoms with Gasteiger partial charge in [-0.2, -0.15) is 0 Å². The number of carbonyl (C=O) groups excluding carboxylic acids is 2. The Morgan fingerprint density at radius 3 is 2.54 bits per heavy atom. The minimum atomic E-state index is -2.62. The second kappa shape index (κ2) is 8.65. The van der Waals surface area contributed by atoms with Crippen LogP contribution in [-0.2, 0) is 14.3 Å². The predicted octanol–water partition coefficient (Wildman–Crippen LogP) is 1.33. The smallest absolute Gasteiger partial charge is 0.254 e. The van der Waals surface area contributed by atoms with E-state index in [0.29, 0.717) is 32.0 Å². The number of nitrogens with one attached hydrogen (secondary N) is 2. The molecule has 2 heterocycles. The van der Waals surface area contributed by atoms with Gasteiger partial charge in [0.15, 0.2) is 0 Å². The Labute approximate surface area is 138 Å². The Balaban J connectivity index is 1.91. The Kier molecular flexibility index (Phi) is 6.56. The van der Waals surface area contributed by atoms with E-state index in [-0.39, 0.29) is 18.1 Å². The molecule has 24 heavy (non-hydrogen) atoms. The average molecular weight is 342 g/mol. The van der Waals surface area contributed by atoms with Crippen LogP contribution in [0.2, 0.25) is 0 Å². The Bertz CT molecular complexity index is 562. The summed E-state index contributed by atoms with van der Waals surface area (Å²) in [6.45, 7) is 2.90. The SMILES string of the molecule is CC(=O)Nc1ccc(NC(=O)CC(C(F)F)N2CCOCC2)nc1. The van der Waals surface area contributed by atoms with Crippen molar-refractivity contribution in [2.45, 2.75) is 25.8 Å². The Morgan fingerprint density at radius 1 is 1.29 bits per heavy atom. The van der Waals surface area contributed by atoms with Crippen LogP contribution in [0.3, 0.4) is 0 Å². The summed E-state index contributed by atoms with van der Waals surface area (Å²) in [5.74, 6) is -0.533. The molecule has 7 nitrogen and oxygen atoms in total. The molecule has 1 aliphatic heterocycles. The van der Waals surface area contributed by atoms with Gasteiger partial charge in [0.1, 0.15) is 5.82 Å². The van der Waals surface area contributed by atoms with E-state index in [1.54, 1.807) is 11.0 Å². The number of nitrogens with zero attached hydrogens (tertiary/aromatic N) is 2. The number of aromatic nitrogens is 1. The van der Waals surface area contributed by atoms with E-state index < -0.39 is 18.4 Å². The van der Waals surface area contributed by atoms with Crippen LogP contribution in [0, 0.1) is 0 Å². The van der Waals surface area contributed by atoms with Crippen LogP contribution < -0.4 is 10.6 Å². The molecular weight excluding hydrogens is 322 g/mol. The predicted molar refractivity (Wildman–Crippen MR) is 84.0 cm³/mol. The number of hydrogen-bond acceptors (Lipinski definition) is 5. The molecule has 1 aromatic heterocycles. The third-order valence-corrected chi connectivity index (χ3v) is 3.55. The third kappa shape index (κ3) is 5.50. The fourth-order valence-electron chi connectivity index (χ4n) is 2.42. The average Bonchev–Trinajstić information content (AvgIpc) is 2.54. The molecule has 1 fully saturated rings. The molecule has 0 spiro atoms. The number of pyridine rings is 1. The number of alkyl halides is 2. The maximum atomic E-state index is 13.2. The van der Waals surface area contributed by atoms with Crippen LogP contribution in [0.1, 0.15) is 13.3 Å². The standard InChI is InChI=1S/C15H20F2N4O3/c1-10(22)19-11-2-3-13(18-9-11)20-14(23)8-12(15(16)17)21-4-6-24-7-5-21/h2-3,9,12,15H,4-8H2,1H3,(H,19,22)(H,18,20,23). The lowest BCUT2D eigenvalue weighted by atomic mass is 10.1. The molecule has 0 bridgehead atoms. The van der Waals surface area contributed by atoms with Crippen LogP contribution in [0.5, 0.6) is 0 Å². The van der Waals surface area contributed by atoms with Crippen molar-refractivity contribution < 1.29 is 23.1 Å². The summed E-state index contributed by atoms with van der Waals surface area (Å²) in [5, 5.41) is 5.04. The van der Waals surface area contributed by atoms with Gasteiger partial charge in [-0.25, -0.2) is 13.8 Å². The maximum Gasteiger partial charge on any atom is 0.254 e. The van der Waals surface area contributed by atoms with E-state index in [1.165, 1.54) is 19.2 Å². The molecule has 2 amide bonds. The molecule has 0 aromatic carbocycles. The van der Waals surface area contributed by atoms with Crippen LogP contribution in [0.15, 0.2) is 18.3 Å². The van der Waals surface area contributed by atoms with E-state index in [0.717, 1.165) is 0 Å². The summed E-state index contributed by atoms with van der Waals surface area (Å²) in [6, 6.07) is 1.92. The van der Waals surface area contributed by atoms with Gasteiger partial charge in [0.2, 0.25) is 11.8 Å². The highest BCUT2D eigenvalue weighted by atomic mass is 19.3. The van der Waals surface area contributed by atoms with Gasteiger partial charge in [0.05, 0.1) is 31.1 Å². The number of hydrogen-bond donors (Lipinski definition) is 2. The molecule has 0 saturated carbocycles. The largest absolute Gasteiger partial charge is 0.379 e. The number of anilines is 2. The van der Waals surface area contributed by atoms with Crippen molar-refractivity contribution in [2.75, 3.05) is 36.9 Å². The molecular formula is C15H20F2N4O3. The van der Waals surface area contributed by atoms with Gasteiger partial charge >= 0.3 is 0 Å². The molecule has 9 heteroatoms. The summed E-state index contributed by atoms with van der Waals surface area (Å²) in [6.07, 6.45) is -1.57. The topological polar surface area (TPSA) is 83.6 Å². The van der Waals surface area contributed by atoms with Gasteiger partial charge in [-0.3, -0.25) is 14.5 Å². The van der Waals surface area contributed by atoms with Gasteiger partial charge in [0.25, 0.3) is 6.43 Å². The molecule has 0 aliphatic carbocycles. The second-order valence-electron chi connectivity index (χ2n) is 5.42. The van der Waals surface area contributed by atoms with Gasteiger partial charge in [-0.05, 0) is 12.1 Å². The highest BCUT2D eigenvalue weighted by Crippen LogP contribution is 2.17. The Hall–Kier alpha value is -2.13. The monoisotopic (exact) mass is 342 g/mol. The van der Waals surface area contributed by atoms with Crippen molar-refractivity contribution >= 4 is 23.3 Å². The number of morpholine rings is 1. The highest BCUT2D eigenvalue weighted by Gasteiger charge is 2.30. The number of ether oxygens (including phenoxy) is 1. The van der Waals surface area contributed by atoms with Crippen LogP contribution >= 0.6 is 0 Å². The van der Waals surface area contributed by atoms with E-state index in [2.05, 4.69) is 15.6 Å². The van der Waals surface area contributed by atoms with Gasteiger partial charge in [-0.15, -0.1) is 0 Å². The summed E-state index contributed by atoms with van der Waals surface area (Å²) in [4.78, 5) is 28.5. The molecule has 1 saturated heterocycles. The van der Waals surface area contributed by atoms with Crippen molar-refractivity contribution in [3.63, 3.8) is 0 Å². The summed E-state index contributed by atoms with van der Waals surface area (Å²) in [5.41, 5.74) is 0.485. The van der Waals surface area contributed by atoms with Gasteiger partial charge < -0.3 is 15.4 Å². The zero-order valence-corrected chi connectivity index (χ0v) is 13.3. The minimum Gasteiger partial charge on any atom is -0.379 e. The van der Waals surface area contributed by atoms with Gasteiger partial charge in [0, 0.05) is 26.4 Å². The molecule has 1 aliphatic rings. The van der Waals surface area contributed by atoms with E-state index >= 15 is 0 Å². The maximum absolute atomic E-state index is 13.2. The fraction of sp³-hybridized carbons (Fsp3) is 0.533. The quantitative estimate of drug-likeness (QED) is 0.815. The molecule has 132 valence electrons. The third-order valence-electron chi connectivity index (χ3n) is 3.55. The molecule has 1 aromatic rings. The molecule has 2 N–H and O–H groups in total. The number of amides is 2. The number of rotatable bonds is 6. The lowest BCUT2D eigenvalue weighted by Gasteiger charge is -2.33. The lowest BCUT2D eigenvalue weighted by Crippen LogP contribution is -2.48. The van der Waals surface area contributed by atoms with Crippen molar-refractivity contribution in [1.29, 1.82) is 0 Å². The van der Waals surface area contributed by atoms with E-state index in [4.69, 9.17) is 4.74 Å². The molecule has 1 atom stereocenters. The van der Waals surface area contributed by atoms with Crippen molar-refractivity contribution in [2.24, 2.45) is 0 Å². The number of carbonyl (C=O) groups is 2. The normalized spacial score (nSPS) is 16.7. The first-order valence-electron chi connectivity index (χ1n) is 7.59. The van der Waals surface area contributed by atoms with Crippen LogP contribution in [0.25, 0.3) is 0 Å². The first-order valence-corrected chi connectivity index (χ1v) is 7.59. The first kappa shape index (κ1) is 18.2. The zero-order chi connectivity index (χ0) is 17.5. The minimum absolute atomic E-state index is 0.237. The zero-order valence-electron chi connectivity index (χ0n) is 13.3. The van der Waals surface area contributed by atoms with Gasteiger partial charge in [-0.1, -0.05) is 0 Å². The van der Waals surface area contributed by atoms with Crippen LogP contribution in [0.4, 0.5) is 20.3 Å². The van der Waals surface area contributed by atoms with Crippen molar-refractivity contribution in [3.05, 3.63) is 18.3 Å². The van der Waals surface area contributed by atoms with E-state index in [9.17, 15) is 18.4 Å². The summed E-state index contributed by atoms with van der Waals surface area (Å²) < 4.78 is 31.6. The summed E-state index contributed by atoms with van der Waals surface area (Å²) in [7, 11) is 0. The molecule has 2 rings (SSSR count). The lowest BCUT2D eigenvalue weighted by molar-refractivity contribution is -0.120. The van der Waals surface area contributed by atoms with Crippen molar-refractivity contribution in [3.8, 4) is 0 Å². The fourth-order valence-corrected chi connectivity index (χ4v) is 2.42. The molecule has 1 unspecified atom stereocenters. The highest BCUT2D eigenvalue weighted by molar-refractivity contribution is 5.91. The second-order valence-corrected chi connectivity index (χ2v) is 5.42. The van der Waals surface area contributed by atoms with E-state index in [1.807, 2.05) is 0 Å². The summed E-state index contributed by atoms with van der Waals surface area (Å²) >= 11 is 0. The Morgan fingerprint density at radius 2 is 2.00 bits per heavy atom. The first-order chi connectivity index (χ1) is 11.5. The molecule has 0 radical (unpaired) electrons. The van der Waals surface area contributed by atoms with Crippen LogP contribution in [-0.4, -0.2) is 60.5 Å². The van der Waals surface area contributed by atoms with Crippen molar-refractivity contribution in [1.82, 2.24) is 9.88 Å². The number of halogens is 2.